The van der Waals surface area contributed by atoms with Crippen LogP contribution >= 0.6 is 0 Å². The second kappa shape index (κ2) is 5.51. The van der Waals surface area contributed by atoms with Gasteiger partial charge in [0.1, 0.15) is 5.82 Å². The van der Waals surface area contributed by atoms with Gasteiger partial charge >= 0.3 is 0 Å². The van der Waals surface area contributed by atoms with Crippen molar-refractivity contribution in [3.05, 3.63) is 35.6 Å². The molecule has 0 N–H and O–H groups in total. The molecule has 2 rings (SSSR count). The molecule has 0 aliphatic heterocycles. The number of halogens is 1. The maximum atomic E-state index is 13.1. The third-order valence-corrected chi connectivity index (χ3v) is 3.93. The summed E-state index contributed by atoms with van der Waals surface area (Å²) < 4.78 is 13.1. The van der Waals surface area contributed by atoms with Crippen molar-refractivity contribution < 1.29 is 9.18 Å². The van der Waals surface area contributed by atoms with Gasteiger partial charge in [-0.05, 0) is 49.8 Å². The van der Waals surface area contributed by atoms with E-state index < -0.39 is 0 Å². The Morgan fingerprint density at radius 2 is 1.94 bits per heavy atom. The molecule has 0 heterocycles. The van der Waals surface area contributed by atoms with Crippen LogP contribution in [0.3, 0.4) is 0 Å². The summed E-state index contributed by atoms with van der Waals surface area (Å²) in [6, 6.07) is 6.23. The van der Waals surface area contributed by atoms with Gasteiger partial charge in [0.2, 0.25) is 0 Å². The summed E-state index contributed by atoms with van der Waals surface area (Å²) >= 11 is 0. The second-order valence-corrected chi connectivity index (χ2v) is 5.34. The molecule has 3 heteroatoms. The molecule has 1 aliphatic carbocycles. The van der Waals surface area contributed by atoms with Gasteiger partial charge in [-0.15, -0.1) is 0 Å². The van der Waals surface area contributed by atoms with E-state index >= 15 is 0 Å². The van der Waals surface area contributed by atoms with Crippen LogP contribution in [-0.4, -0.2) is 23.9 Å². The maximum Gasteiger partial charge on any atom is 0.253 e. The van der Waals surface area contributed by atoms with E-state index in [-0.39, 0.29) is 11.7 Å². The molecule has 2 nitrogen and oxygen atoms in total. The van der Waals surface area contributed by atoms with Crippen LogP contribution in [0, 0.1) is 11.7 Å². The molecule has 0 spiro atoms. The predicted octanol–water partition coefficient (Wildman–Crippen LogP) is 3.48. The van der Waals surface area contributed by atoms with E-state index in [1.807, 2.05) is 7.05 Å². The van der Waals surface area contributed by atoms with Crippen LogP contribution in [-0.2, 0) is 0 Å². The van der Waals surface area contributed by atoms with E-state index in [4.69, 9.17) is 0 Å². The number of hydrogen-bond donors (Lipinski definition) is 0. The molecule has 0 bridgehead atoms. The highest BCUT2D eigenvalue weighted by Gasteiger charge is 2.25. The zero-order valence-electron chi connectivity index (χ0n) is 11.0. The second-order valence-electron chi connectivity index (χ2n) is 5.34. The summed E-state index contributed by atoms with van der Waals surface area (Å²) in [6.45, 7) is 2.25. The summed E-state index contributed by atoms with van der Waals surface area (Å²) in [5, 5.41) is 0. The van der Waals surface area contributed by atoms with Gasteiger partial charge < -0.3 is 4.90 Å². The van der Waals surface area contributed by atoms with E-state index in [2.05, 4.69) is 6.92 Å². The average molecular weight is 249 g/mol. The molecule has 1 aromatic rings. The highest BCUT2D eigenvalue weighted by atomic mass is 19.1. The third kappa shape index (κ3) is 2.89. The summed E-state index contributed by atoms with van der Waals surface area (Å²) in [7, 11) is 1.83. The lowest BCUT2D eigenvalue weighted by Gasteiger charge is -2.33. The Morgan fingerprint density at radius 1 is 1.28 bits per heavy atom. The Balaban J connectivity index is 2.04. The van der Waals surface area contributed by atoms with Crippen LogP contribution in [0.4, 0.5) is 4.39 Å². The molecule has 0 atom stereocenters. The minimum atomic E-state index is -0.355. The van der Waals surface area contributed by atoms with E-state index in [0.29, 0.717) is 11.6 Å². The molecule has 0 unspecified atom stereocenters. The van der Waals surface area contributed by atoms with E-state index in [1.54, 1.807) is 17.0 Å². The van der Waals surface area contributed by atoms with Crippen molar-refractivity contribution in [2.45, 2.75) is 38.6 Å². The molecule has 0 aromatic heterocycles. The van der Waals surface area contributed by atoms with Crippen LogP contribution in [0.2, 0.25) is 0 Å². The first-order valence-electron chi connectivity index (χ1n) is 6.60. The molecule has 0 saturated heterocycles. The summed E-state index contributed by atoms with van der Waals surface area (Å²) in [5.74, 6) is 0.333. The quantitative estimate of drug-likeness (QED) is 0.785. The van der Waals surface area contributed by atoms with Crippen molar-refractivity contribution in [1.29, 1.82) is 0 Å². The highest BCUT2D eigenvalue weighted by molar-refractivity contribution is 5.94. The average Bonchev–Trinajstić information content (AvgIpc) is 2.38. The molecule has 0 radical (unpaired) electrons. The Hall–Kier alpha value is -1.38. The lowest BCUT2D eigenvalue weighted by Crippen LogP contribution is -2.39. The number of carbonyl (C=O) groups is 1. The van der Waals surface area contributed by atoms with Gasteiger partial charge in [0.15, 0.2) is 0 Å². The van der Waals surface area contributed by atoms with Gasteiger partial charge in [-0.3, -0.25) is 4.79 Å². The number of hydrogen-bond acceptors (Lipinski definition) is 1. The van der Waals surface area contributed by atoms with Crippen molar-refractivity contribution in [3.8, 4) is 0 Å². The summed E-state index contributed by atoms with van der Waals surface area (Å²) in [4.78, 5) is 14.0. The summed E-state index contributed by atoms with van der Waals surface area (Å²) in [6.07, 6.45) is 4.45. The van der Waals surface area contributed by atoms with Crippen LogP contribution in [0.1, 0.15) is 43.0 Å². The SMILES string of the molecule is CC1CCC(N(C)C(=O)c2cccc(F)c2)CC1. The fourth-order valence-corrected chi connectivity index (χ4v) is 2.62. The van der Waals surface area contributed by atoms with Crippen LogP contribution < -0.4 is 0 Å². The Bertz CT molecular complexity index is 424. The van der Waals surface area contributed by atoms with Crippen molar-refractivity contribution >= 4 is 5.91 Å². The maximum absolute atomic E-state index is 13.1. The Kier molecular flexibility index (Phi) is 4.00. The lowest BCUT2D eigenvalue weighted by molar-refractivity contribution is 0.0679. The molecule has 1 aliphatic rings. The Labute approximate surface area is 108 Å². The van der Waals surface area contributed by atoms with Gasteiger partial charge in [0, 0.05) is 18.7 Å². The molecule has 1 aromatic carbocycles. The number of rotatable bonds is 2. The molecular weight excluding hydrogens is 229 g/mol. The first-order chi connectivity index (χ1) is 8.58. The normalized spacial score (nSPS) is 23.7. The monoisotopic (exact) mass is 249 g/mol. The molecule has 1 saturated carbocycles. The zero-order valence-corrected chi connectivity index (χ0v) is 11.0. The Morgan fingerprint density at radius 3 is 2.56 bits per heavy atom. The first-order valence-corrected chi connectivity index (χ1v) is 6.60. The smallest absolute Gasteiger partial charge is 0.253 e. The van der Waals surface area contributed by atoms with E-state index in [9.17, 15) is 9.18 Å². The summed E-state index contributed by atoms with van der Waals surface area (Å²) in [5.41, 5.74) is 0.441. The van der Waals surface area contributed by atoms with Crippen LogP contribution in [0.25, 0.3) is 0 Å². The standard InChI is InChI=1S/C15H20FNO/c1-11-6-8-14(9-7-11)17(2)15(18)12-4-3-5-13(16)10-12/h3-5,10-11,14H,6-9H2,1-2H3. The van der Waals surface area contributed by atoms with Gasteiger partial charge in [-0.1, -0.05) is 13.0 Å². The van der Waals surface area contributed by atoms with Crippen LogP contribution in [0.15, 0.2) is 24.3 Å². The van der Waals surface area contributed by atoms with Gasteiger partial charge in [0.25, 0.3) is 5.91 Å². The largest absolute Gasteiger partial charge is 0.339 e. The number of benzene rings is 1. The number of carbonyl (C=O) groups excluding carboxylic acids is 1. The topological polar surface area (TPSA) is 20.3 Å². The molecule has 1 amide bonds. The molecule has 18 heavy (non-hydrogen) atoms. The highest BCUT2D eigenvalue weighted by Crippen LogP contribution is 2.27. The fraction of sp³-hybridized carbons (Fsp3) is 0.533. The number of nitrogens with zero attached hydrogens (tertiary/aromatic N) is 1. The van der Waals surface area contributed by atoms with Gasteiger partial charge in [-0.2, -0.15) is 0 Å². The van der Waals surface area contributed by atoms with Crippen molar-refractivity contribution in [2.75, 3.05) is 7.05 Å². The number of amides is 1. The zero-order chi connectivity index (χ0) is 13.1. The lowest BCUT2D eigenvalue weighted by atomic mass is 9.86. The van der Waals surface area contributed by atoms with Crippen molar-refractivity contribution in [1.82, 2.24) is 4.90 Å². The first kappa shape index (κ1) is 13.1. The third-order valence-electron chi connectivity index (χ3n) is 3.93. The minimum absolute atomic E-state index is 0.0750. The van der Waals surface area contributed by atoms with Gasteiger partial charge in [0.05, 0.1) is 0 Å². The van der Waals surface area contributed by atoms with E-state index in [1.165, 1.54) is 25.0 Å². The fourth-order valence-electron chi connectivity index (χ4n) is 2.62. The molecule has 98 valence electrons. The van der Waals surface area contributed by atoms with Crippen molar-refractivity contribution in [3.63, 3.8) is 0 Å². The van der Waals surface area contributed by atoms with Crippen molar-refractivity contribution in [2.24, 2.45) is 5.92 Å². The van der Waals surface area contributed by atoms with Gasteiger partial charge in [-0.25, -0.2) is 4.39 Å². The molecular formula is C15H20FNO. The van der Waals surface area contributed by atoms with Crippen LogP contribution in [0.5, 0.6) is 0 Å². The predicted molar refractivity (Wildman–Crippen MR) is 69.9 cm³/mol. The minimum Gasteiger partial charge on any atom is -0.339 e. The van der Waals surface area contributed by atoms with E-state index in [0.717, 1.165) is 18.8 Å². The molecule has 1 fully saturated rings.